The van der Waals surface area contributed by atoms with Crippen LogP contribution in [-0.2, 0) is 17.6 Å². The van der Waals surface area contributed by atoms with Gasteiger partial charge in [0.15, 0.2) is 0 Å². The number of nitrogens with one attached hydrogen (secondary N) is 2. The molecule has 2 aromatic rings. The average molecular weight is 345 g/mol. The van der Waals surface area contributed by atoms with Gasteiger partial charge in [0.05, 0.1) is 6.42 Å². The lowest BCUT2D eigenvalue weighted by Crippen LogP contribution is -2.42. The molecule has 5 heteroatoms. The van der Waals surface area contributed by atoms with E-state index in [0.29, 0.717) is 16.5 Å². The zero-order valence-electron chi connectivity index (χ0n) is 13.8. The van der Waals surface area contributed by atoms with Crippen molar-refractivity contribution in [2.24, 2.45) is 5.92 Å². The van der Waals surface area contributed by atoms with Crippen molar-refractivity contribution in [3.8, 4) is 0 Å². The standard InChI is InChI=1S/C19H21ClN2O2/c1-13(2)11-14-3-5-15(6-4-14)12-18(23)21-22-19(24)16-7-9-17(20)10-8-16/h3-10,13H,11-12H2,1-2H3,(H,21,23)(H,22,24). The third-order valence-electron chi connectivity index (χ3n) is 3.45. The summed E-state index contributed by atoms with van der Waals surface area (Å²) in [5.41, 5.74) is 7.40. The number of hydrogen-bond donors (Lipinski definition) is 2. The second-order valence-corrected chi connectivity index (χ2v) is 6.54. The quantitative estimate of drug-likeness (QED) is 0.815. The highest BCUT2D eigenvalue weighted by Gasteiger charge is 2.08. The molecule has 0 aromatic heterocycles. The van der Waals surface area contributed by atoms with Gasteiger partial charge in [-0.25, -0.2) is 0 Å². The molecule has 0 aliphatic carbocycles. The maximum Gasteiger partial charge on any atom is 0.269 e. The molecule has 0 aliphatic rings. The number of hydrazine groups is 1. The van der Waals surface area contributed by atoms with Gasteiger partial charge < -0.3 is 0 Å². The van der Waals surface area contributed by atoms with Gasteiger partial charge >= 0.3 is 0 Å². The Bertz CT molecular complexity index is 694. The van der Waals surface area contributed by atoms with Gasteiger partial charge in [0.2, 0.25) is 5.91 Å². The summed E-state index contributed by atoms with van der Waals surface area (Å²) in [7, 11) is 0. The van der Waals surface area contributed by atoms with Crippen molar-refractivity contribution in [3.05, 3.63) is 70.2 Å². The van der Waals surface area contributed by atoms with E-state index in [0.717, 1.165) is 12.0 Å². The van der Waals surface area contributed by atoms with Crippen LogP contribution in [0.1, 0.15) is 35.3 Å². The zero-order valence-corrected chi connectivity index (χ0v) is 14.6. The lowest BCUT2D eigenvalue weighted by molar-refractivity contribution is -0.121. The molecule has 0 saturated heterocycles. The number of rotatable bonds is 5. The zero-order chi connectivity index (χ0) is 17.5. The molecule has 2 rings (SSSR count). The van der Waals surface area contributed by atoms with Crippen molar-refractivity contribution in [1.82, 2.24) is 10.9 Å². The summed E-state index contributed by atoms with van der Waals surface area (Å²) in [6, 6.07) is 14.4. The summed E-state index contributed by atoms with van der Waals surface area (Å²) in [6.45, 7) is 4.34. The van der Waals surface area contributed by atoms with E-state index in [2.05, 4.69) is 24.7 Å². The average Bonchev–Trinajstić information content (AvgIpc) is 2.54. The van der Waals surface area contributed by atoms with Crippen molar-refractivity contribution in [1.29, 1.82) is 0 Å². The van der Waals surface area contributed by atoms with Gasteiger partial charge in [-0.05, 0) is 47.7 Å². The van der Waals surface area contributed by atoms with Gasteiger partial charge in [0, 0.05) is 10.6 Å². The first-order valence-electron chi connectivity index (χ1n) is 7.86. The van der Waals surface area contributed by atoms with Crippen molar-refractivity contribution in [2.75, 3.05) is 0 Å². The highest BCUT2D eigenvalue weighted by atomic mass is 35.5. The van der Waals surface area contributed by atoms with Gasteiger partial charge in [-0.15, -0.1) is 0 Å². The second kappa shape index (κ2) is 8.50. The number of halogens is 1. The Hall–Kier alpha value is -2.33. The van der Waals surface area contributed by atoms with Crippen LogP contribution in [0.4, 0.5) is 0 Å². The van der Waals surface area contributed by atoms with E-state index in [1.165, 1.54) is 5.56 Å². The fraction of sp³-hybridized carbons (Fsp3) is 0.263. The Morgan fingerprint density at radius 1 is 0.917 bits per heavy atom. The maximum atomic E-state index is 11.9. The first kappa shape index (κ1) is 18.0. The minimum atomic E-state index is -0.382. The number of amides is 2. The minimum absolute atomic E-state index is 0.211. The Balaban J connectivity index is 1.82. The Morgan fingerprint density at radius 3 is 2.08 bits per heavy atom. The van der Waals surface area contributed by atoms with E-state index in [1.54, 1.807) is 24.3 Å². The van der Waals surface area contributed by atoms with Crippen LogP contribution in [0.15, 0.2) is 48.5 Å². The topological polar surface area (TPSA) is 58.2 Å². The van der Waals surface area contributed by atoms with Gasteiger partial charge in [-0.1, -0.05) is 49.7 Å². The molecule has 4 nitrogen and oxygen atoms in total. The number of benzene rings is 2. The van der Waals surface area contributed by atoms with Crippen LogP contribution in [0.5, 0.6) is 0 Å². The van der Waals surface area contributed by atoms with Gasteiger partial charge in [0.1, 0.15) is 0 Å². The molecule has 24 heavy (non-hydrogen) atoms. The van der Waals surface area contributed by atoms with E-state index in [9.17, 15) is 9.59 Å². The van der Waals surface area contributed by atoms with Crippen LogP contribution in [0.2, 0.25) is 5.02 Å². The molecule has 2 N–H and O–H groups in total. The third-order valence-corrected chi connectivity index (χ3v) is 3.71. The predicted molar refractivity (Wildman–Crippen MR) is 95.7 cm³/mol. The molecule has 0 spiro atoms. The summed E-state index contributed by atoms with van der Waals surface area (Å²) in [5.74, 6) is -0.0524. The van der Waals surface area contributed by atoms with Crippen LogP contribution in [0, 0.1) is 5.92 Å². The molecule has 126 valence electrons. The Labute approximate surface area is 147 Å². The number of hydrogen-bond acceptors (Lipinski definition) is 2. The SMILES string of the molecule is CC(C)Cc1ccc(CC(=O)NNC(=O)c2ccc(Cl)cc2)cc1. The van der Waals surface area contributed by atoms with Crippen LogP contribution in [0.25, 0.3) is 0 Å². The molecule has 2 amide bonds. The smallest absolute Gasteiger partial charge is 0.269 e. The molecule has 0 unspecified atom stereocenters. The van der Waals surface area contributed by atoms with Gasteiger partial charge in [0.25, 0.3) is 5.91 Å². The first-order valence-corrected chi connectivity index (χ1v) is 8.24. The van der Waals surface area contributed by atoms with Crippen LogP contribution in [0.3, 0.4) is 0 Å². The van der Waals surface area contributed by atoms with E-state index in [4.69, 9.17) is 11.6 Å². The molecular weight excluding hydrogens is 324 g/mol. The van der Waals surface area contributed by atoms with E-state index >= 15 is 0 Å². The monoisotopic (exact) mass is 344 g/mol. The molecular formula is C19H21ClN2O2. The molecule has 0 radical (unpaired) electrons. The fourth-order valence-electron chi connectivity index (χ4n) is 2.29. The molecule has 0 bridgehead atoms. The summed E-state index contributed by atoms with van der Waals surface area (Å²) in [4.78, 5) is 23.8. The summed E-state index contributed by atoms with van der Waals surface area (Å²) in [5, 5.41) is 0.552. The molecule has 2 aromatic carbocycles. The van der Waals surface area contributed by atoms with E-state index in [1.807, 2.05) is 24.3 Å². The minimum Gasteiger partial charge on any atom is -0.273 e. The van der Waals surface area contributed by atoms with Crippen molar-refractivity contribution in [2.45, 2.75) is 26.7 Å². The first-order chi connectivity index (χ1) is 11.4. The lowest BCUT2D eigenvalue weighted by atomic mass is 10.0. The lowest BCUT2D eigenvalue weighted by Gasteiger charge is -2.09. The molecule has 0 atom stereocenters. The highest BCUT2D eigenvalue weighted by molar-refractivity contribution is 6.30. The summed E-state index contributed by atoms with van der Waals surface area (Å²) < 4.78 is 0. The third kappa shape index (κ3) is 5.70. The molecule has 0 aliphatic heterocycles. The summed E-state index contributed by atoms with van der Waals surface area (Å²) >= 11 is 5.77. The molecule has 0 saturated carbocycles. The van der Waals surface area contributed by atoms with E-state index < -0.39 is 0 Å². The highest BCUT2D eigenvalue weighted by Crippen LogP contribution is 2.11. The van der Waals surface area contributed by atoms with Gasteiger partial charge in [-0.3, -0.25) is 20.4 Å². The predicted octanol–water partition coefficient (Wildman–Crippen LogP) is 3.54. The van der Waals surface area contributed by atoms with E-state index in [-0.39, 0.29) is 18.2 Å². The van der Waals surface area contributed by atoms with Crippen LogP contribution < -0.4 is 10.9 Å². The Morgan fingerprint density at radius 2 is 1.50 bits per heavy atom. The molecule has 0 heterocycles. The molecule has 0 fully saturated rings. The second-order valence-electron chi connectivity index (χ2n) is 6.10. The Kier molecular flexibility index (Phi) is 6.38. The summed E-state index contributed by atoms with van der Waals surface area (Å²) in [6.07, 6.45) is 1.23. The van der Waals surface area contributed by atoms with Gasteiger partial charge in [-0.2, -0.15) is 0 Å². The largest absolute Gasteiger partial charge is 0.273 e. The van der Waals surface area contributed by atoms with Crippen molar-refractivity contribution in [3.63, 3.8) is 0 Å². The maximum absolute atomic E-state index is 11.9. The van der Waals surface area contributed by atoms with Crippen molar-refractivity contribution < 1.29 is 9.59 Å². The van der Waals surface area contributed by atoms with Crippen LogP contribution in [-0.4, -0.2) is 11.8 Å². The van der Waals surface area contributed by atoms with Crippen LogP contribution >= 0.6 is 11.6 Å². The number of carbonyl (C=O) groups excluding carboxylic acids is 2. The fourth-order valence-corrected chi connectivity index (χ4v) is 2.42. The normalized spacial score (nSPS) is 10.5. The number of carbonyl (C=O) groups is 2. The van der Waals surface area contributed by atoms with Crippen molar-refractivity contribution >= 4 is 23.4 Å².